The average Bonchev–Trinajstić information content (AvgIpc) is 2.59. The van der Waals surface area contributed by atoms with Crippen LogP contribution in [0.15, 0.2) is 0 Å². The molecular weight excluding hydrogens is 180 g/mol. The summed E-state index contributed by atoms with van der Waals surface area (Å²) in [4.78, 5) is 6.14. The zero-order valence-electron chi connectivity index (χ0n) is 8.26. The highest BCUT2D eigenvalue weighted by Gasteiger charge is 2.22. The molecule has 1 N–H and O–H groups in total. The topological polar surface area (TPSA) is 24.9 Å². The van der Waals surface area contributed by atoms with Crippen LogP contribution in [0.2, 0.25) is 0 Å². The van der Waals surface area contributed by atoms with Crippen LogP contribution in [0.3, 0.4) is 0 Å². The fraction of sp³-hybridized carbons (Fsp3) is 0.700. The highest BCUT2D eigenvalue weighted by Crippen LogP contribution is 2.33. The molecule has 0 bridgehead atoms. The molecule has 0 aliphatic heterocycles. The van der Waals surface area contributed by atoms with Gasteiger partial charge in [-0.1, -0.05) is 6.92 Å². The van der Waals surface area contributed by atoms with E-state index in [9.17, 15) is 0 Å². The standard InChI is InChI=1S/C10H16N2S/c1-3-9-12-8-6-4-5-7(11-2)10(8)13-9/h7,11H,3-6H2,1-2H3. The van der Waals surface area contributed by atoms with Gasteiger partial charge in [0.2, 0.25) is 0 Å². The molecule has 0 radical (unpaired) electrons. The Morgan fingerprint density at radius 2 is 2.46 bits per heavy atom. The second-order valence-corrected chi connectivity index (χ2v) is 4.62. The number of nitrogens with one attached hydrogen (secondary N) is 1. The lowest BCUT2D eigenvalue weighted by Gasteiger charge is -2.20. The number of aromatic nitrogens is 1. The molecule has 0 amide bonds. The molecule has 1 heterocycles. The third kappa shape index (κ3) is 1.63. The lowest BCUT2D eigenvalue weighted by Crippen LogP contribution is -2.19. The fourth-order valence-electron chi connectivity index (χ4n) is 1.90. The molecule has 0 aromatic carbocycles. The summed E-state index contributed by atoms with van der Waals surface area (Å²) >= 11 is 1.89. The molecule has 0 spiro atoms. The number of rotatable bonds is 2. The van der Waals surface area contributed by atoms with E-state index in [-0.39, 0.29) is 0 Å². The van der Waals surface area contributed by atoms with Crippen LogP contribution in [0, 0.1) is 0 Å². The Morgan fingerprint density at radius 3 is 3.15 bits per heavy atom. The highest BCUT2D eigenvalue weighted by molar-refractivity contribution is 7.11. The first-order chi connectivity index (χ1) is 6.35. The maximum Gasteiger partial charge on any atom is 0.0928 e. The van der Waals surface area contributed by atoms with Crippen molar-refractivity contribution in [1.29, 1.82) is 0 Å². The molecule has 0 saturated heterocycles. The molecule has 1 aliphatic rings. The Hall–Kier alpha value is -0.410. The zero-order valence-corrected chi connectivity index (χ0v) is 9.08. The summed E-state index contributed by atoms with van der Waals surface area (Å²) in [5.74, 6) is 0. The molecule has 0 saturated carbocycles. The van der Waals surface area contributed by atoms with E-state index in [0.29, 0.717) is 6.04 Å². The second kappa shape index (κ2) is 3.76. The average molecular weight is 196 g/mol. The van der Waals surface area contributed by atoms with Crippen LogP contribution in [-0.4, -0.2) is 12.0 Å². The lowest BCUT2D eigenvalue weighted by atomic mass is 9.98. The summed E-state index contributed by atoms with van der Waals surface area (Å²) < 4.78 is 0. The monoisotopic (exact) mass is 196 g/mol. The minimum atomic E-state index is 0.571. The number of fused-ring (bicyclic) bond motifs is 1. The number of nitrogens with zero attached hydrogens (tertiary/aromatic N) is 1. The molecule has 2 nitrogen and oxygen atoms in total. The van der Waals surface area contributed by atoms with Crippen molar-refractivity contribution in [3.8, 4) is 0 Å². The highest BCUT2D eigenvalue weighted by atomic mass is 32.1. The summed E-state index contributed by atoms with van der Waals surface area (Å²) in [6.45, 7) is 2.18. The molecule has 1 aromatic heterocycles. The molecule has 2 rings (SSSR count). The van der Waals surface area contributed by atoms with E-state index >= 15 is 0 Å². The summed E-state index contributed by atoms with van der Waals surface area (Å²) in [5.41, 5.74) is 1.35. The molecule has 13 heavy (non-hydrogen) atoms. The van der Waals surface area contributed by atoms with Crippen LogP contribution in [0.5, 0.6) is 0 Å². The van der Waals surface area contributed by atoms with Crippen molar-refractivity contribution in [3.05, 3.63) is 15.6 Å². The predicted octanol–water partition coefficient (Wildman–Crippen LogP) is 2.30. The summed E-state index contributed by atoms with van der Waals surface area (Å²) in [5, 5.41) is 4.67. The Morgan fingerprint density at radius 1 is 1.62 bits per heavy atom. The van der Waals surface area contributed by atoms with Gasteiger partial charge in [-0.2, -0.15) is 0 Å². The van der Waals surface area contributed by atoms with E-state index in [1.807, 2.05) is 18.4 Å². The van der Waals surface area contributed by atoms with Gasteiger partial charge in [0.15, 0.2) is 0 Å². The van der Waals surface area contributed by atoms with Crippen LogP contribution in [0.4, 0.5) is 0 Å². The van der Waals surface area contributed by atoms with Gasteiger partial charge >= 0.3 is 0 Å². The molecule has 1 atom stereocenters. The van der Waals surface area contributed by atoms with Crippen molar-refractivity contribution in [3.63, 3.8) is 0 Å². The number of aryl methyl sites for hydroxylation is 2. The Kier molecular flexibility index (Phi) is 2.65. The van der Waals surface area contributed by atoms with E-state index in [4.69, 9.17) is 0 Å². The Balaban J connectivity index is 2.32. The molecule has 72 valence electrons. The Labute approximate surface area is 83.4 Å². The zero-order chi connectivity index (χ0) is 9.26. The summed E-state index contributed by atoms with van der Waals surface area (Å²) in [6, 6.07) is 0.571. The third-order valence-corrected chi connectivity index (χ3v) is 4.00. The second-order valence-electron chi connectivity index (χ2n) is 3.51. The van der Waals surface area contributed by atoms with Gasteiger partial charge in [0.05, 0.1) is 10.7 Å². The van der Waals surface area contributed by atoms with Gasteiger partial charge in [0.25, 0.3) is 0 Å². The van der Waals surface area contributed by atoms with Crippen LogP contribution in [-0.2, 0) is 12.8 Å². The van der Waals surface area contributed by atoms with E-state index in [2.05, 4.69) is 17.2 Å². The van der Waals surface area contributed by atoms with Gasteiger partial charge in [0.1, 0.15) is 0 Å². The van der Waals surface area contributed by atoms with E-state index in [1.54, 1.807) is 0 Å². The minimum Gasteiger partial charge on any atom is -0.312 e. The molecule has 0 fully saturated rings. The maximum atomic E-state index is 4.65. The molecular formula is C10H16N2S. The number of hydrogen-bond donors (Lipinski definition) is 1. The van der Waals surface area contributed by atoms with Crippen molar-refractivity contribution >= 4 is 11.3 Å². The van der Waals surface area contributed by atoms with Crippen LogP contribution >= 0.6 is 11.3 Å². The number of hydrogen-bond acceptors (Lipinski definition) is 3. The van der Waals surface area contributed by atoms with Crippen molar-refractivity contribution in [2.24, 2.45) is 0 Å². The molecule has 3 heteroatoms. The van der Waals surface area contributed by atoms with Gasteiger partial charge < -0.3 is 5.32 Å². The SMILES string of the molecule is CCc1nc2c(s1)C(NC)CCC2. The van der Waals surface area contributed by atoms with Gasteiger partial charge in [-0.25, -0.2) is 4.98 Å². The maximum absolute atomic E-state index is 4.65. The Bertz CT molecular complexity index is 293. The summed E-state index contributed by atoms with van der Waals surface area (Å²) in [6.07, 6.45) is 4.82. The van der Waals surface area contributed by atoms with Gasteiger partial charge in [-0.05, 0) is 32.7 Å². The smallest absolute Gasteiger partial charge is 0.0928 e. The quantitative estimate of drug-likeness (QED) is 0.785. The first-order valence-corrected chi connectivity index (χ1v) is 5.82. The van der Waals surface area contributed by atoms with Crippen LogP contribution in [0.1, 0.15) is 41.4 Å². The van der Waals surface area contributed by atoms with Crippen molar-refractivity contribution < 1.29 is 0 Å². The third-order valence-electron chi connectivity index (χ3n) is 2.65. The minimum absolute atomic E-state index is 0.571. The number of thiazole rings is 1. The van der Waals surface area contributed by atoms with E-state index < -0.39 is 0 Å². The normalized spacial score (nSPS) is 21.5. The first kappa shape index (κ1) is 9.16. The van der Waals surface area contributed by atoms with Crippen LogP contribution in [0.25, 0.3) is 0 Å². The van der Waals surface area contributed by atoms with Gasteiger partial charge in [-0.3, -0.25) is 0 Å². The van der Waals surface area contributed by atoms with Crippen LogP contribution < -0.4 is 5.32 Å². The fourth-order valence-corrected chi connectivity index (χ4v) is 3.09. The van der Waals surface area contributed by atoms with Gasteiger partial charge in [0, 0.05) is 10.9 Å². The molecule has 1 aromatic rings. The first-order valence-electron chi connectivity index (χ1n) is 5.01. The largest absolute Gasteiger partial charge is 0.312 e. The van der Waals surface area contributed by atoms with E-state index in [0.717, 1.165) is 6.42 Å². The van der Waals surface area contributed by atoms with E-state index in [1.165, 1.54) is 34.8 Å². The van der Waals surface area contributed by atoms with Gasteiger partial charge in [-0.15, -0.1) is 11.3 Å². The lowest BCUT2D eigenvalue weighted by molar-refractivity contribution is 0.501. The predicted molar refractivity (Wildman–Crippen MR) is 56.2 cm³/mol. The molecule has 1 aliphatic carbocycles. The van der Waals surface area contributed by atoms with Crippen molar-refractivity contribution in [2.45, 2.75) is 38.6 Å². The van der Waals surface area contributed by atoms with Crippen molar-refractivity contribution in [1.82, 2.24) is 10.3 Å². The summed E-state index contributed by atoms with van der Waals surface area (Å²) in [7, 11) is 2.05. The molecule has 1 unspecified atom stereocenters. The van der Waals surface area contributed by atoms with Crippen molar-refractivity contribution in [2.75, 3.05) is 7.05 Å².